The van der Waals surface area contributed by atoms with Gasteiger partial charge in [-0.1, -0.05) is 42.5 Å². The van der Waals surface area contributed by atoms with Gasteiger partial charge >= 0.3 is 0 Å². The van der Waals surface area contributed by atoms with E-state index in [2.05, 4.69) is 17.4 Å². The van der Waals surface area contributed by atoms with Gasteiger partial charge in [0, 0.05) is 36.3 Å². The molecule has 1 aliphatic rings. The zero-order valence-electron chi connectivity index (χ0n) is 24.9. The Morgan fingerprint density at radius 3 is 2.23 bits per heavy atom. The van der Waals surface area contributed by atoms with Crippen molar-refractivity contribution in [2.24, 2.45) is 5.92 Å². The van der Waals surface area contributed by atoms with Crippen LogP contribution in [-0.2, 0) is 27.3 Å². The van der Waals surface area contributed by atoms with Gasteiger partial charge in [0.25, 0.3) is 5.91 Å². The van der Waals surface area contributed by atoms with Gasteiger partial charge in [-0.05, 0) is 83.6 Å². The van der Waals surface area contributed by atoms with Gasteiger partial charge in [0.1, 0.15) is 5.75 Å². The Morgan fingerprint density at radius 1 is 0.975 bits per heavy atom. The summed E-state index contributed by atoms with van der Waals surface area (Å²) in [5, 5.41) is 2.99. The second-order valence-corrected chi connectivity index (χ2v) is 11.1. The number of methoxy groups -OCH3 is 1. The summed E-state index contributed by atoms with van der Waals surface area (Å²) in [7, 11) is 1.61. The summed E-state index contributed by atoms with van der Waals surface area (Å²) in [6.45, 7) is 10.7. The molecule has 0 radical (unpaired) electrons. The fraction of sp³-hybridized carbons (Fsp3) is 0.485. The number of ether oxygens (including phenoxy) is 1. The van der Waals surface area contributed by atoms with Crippen LogP contribution in [0.25, 0.3) is 0 Å². The quantitative estimate of drug-likeness (QED) is 0.336. The van der Waals surface area contributed by atoms with Crippen molar-refractivity contribution < 1.29 is 19.1 Å². The van der Waals surface area contributed by atoms with Crippen molar-refractivity contribution in [2.75, 3.05) is 13.7 Å². The van der Waals surface area contributed by atoms with Crippen LogP contribution in [0.5, 0.6) is 5.75 Å². The molecule has 0 bridgehead atoms. The lowest BCUT2D eigenvalue weighted by Gasteiger charge is -2.38. The van der Waals surface area contributed by atoms with E-state index in [-0.39, 0.29) is 42.6 Å². The van der Waals surface area contributed by atoms with Crippen LogP contribution in [0.1, 0.15) is 71.4 Å². The number of nitrogens with one attached hydrogen (secondary N) is 1. The standard InChI is InChI=1S/C33H45N3O4/c1-23(2)36(24(3)4)33(39)30-20-28(21-31(37)34-19-11-10-14-26-12-8-7-9-13-26)32(38)35(25(30)5)22-27-15-17-29(40-6)18-16-27/h7-9,12-13,15-18,23-24,28H,10-11,14,19-22H2,1-6H3,(H,34,37). The van der Waals surface area contributed by atoms with E-state index in [1.165, 1.54) is 5.56 Å². The van der Waals surface area contributed by atoms with E-state index in [0.717, 1.165) is 30.6 Å². The van der Waals surface area contributed by atoms with Crippen molar-refractivity contribution in [2.45, 2.75) is 85.4 Å². The van der Waals surface area contributed by atoms with E-state index in [1.54, 1.807) is 12.0 Å². The molecule has 1 atom stereocenters. The Morgan fingerprint density at radius 2 is 1.62 bits per heavy atom. The molecule has 0 spiro atoms. The second-order valence-electron chi connectivity index (χ2n) is 11.1. The maximum Gasteiger partial charge on any atom is 0.252 e. The number of benzene rings is 2. The molecule has 3 rings (SSSR count). The summed E-state index contributed by atoms with van der Waals surface area (Å²) in [6, 6.07) is 17.9. The minimum absolute atomic E-state index is 0.0121. The van der Waals surface area contributed by atoms with Crippen LogP contribution in [0.4, 0.5) is 0 Å². The molecule has 2 aromatic rings. The maximum absolute atomic E-state index is 13.8. The van der Waals surface area contributed by atoms with Crippen molar-refractivity contribution in [1.82, 2.24) is 15.1 Å². The van der Waals surface area contributed by atoms with Gasteiger partial charge in [-0.25, -0.2) is 0 Å². The molecule has 1 N–H and O–H groups in total. The Bertz CT molecular complexity index is 1160. The Kier molecular flexibility index (Phi) is 11.4. The van der Waals surface area contributed by atoms with Gasteiger partial charge < -0.3 is 19.9 Å². The lowest BCUT2D eigenvalue weighted by atomic mass is 9.87. The molecule has 0 saturated carbocycles. The van der Waals surface area contributed by atoms with Crippen LogP contribution >= 0.6 is 0 Å². The molecular weight excluding hydrogens is 502 g/mol. The van der Waals surface area contributed by atoms with Crippen molar-refractivity contribution in [3.8, 4) is 5.75 Å². The molecule has 0 aliphatic carbocycles. The van der Waals surface area contributed by atoms with Gasteiger partial charge in [-0.3, -0.25) is 14.4 Å². The Hall–Kier alpha value is -3.61. The molecule has 0 saturated heterocycles. The molecule has 216 valence electrons. The summed E-state index contributed by atoms with van der Waals surface area (Å²) >= 11 is 0. The van der Waals surface area contributed by atoms with Gasteiger partial charge in [0.05, 0.1) is 19.6 Å². The molecule has 0 aromatic heterocycles. The van der Waals surface area contributed by atoms with E-state index in [4.69, 9.17) is 4.74 Å². The highest BCUT2D eigenvalue weighted by Gasteiger charge is 2.38. The van der Waals surface area contributed by atoms with Crippen LogP contribution in [-0.4, -0.2) is 53.3 Å². The monoisotopic (exact) mass is 547 g/mol. The molecule has 1 unspecified atom stereocenters. The highest BCUT2D eigenvalue weighted by atomic mass is 16.5. The van der Waals surface area contributed by atoms with E-state index in [1.807, 2.05) is 82.0 Å². The Balaban J connectivity index is 1.72. The largest absolute Gasteiger partial charge is 0.497 e. The number of aryl methyl sites for hydroxylation is 1. The maximum atomic E-state index is 13.8. The molecule has 0 fully saturated rings. The summed E-state index contributed by atoms with van der Waals surface area (Å²) < 4.78 is 5.27. The SMILES string of the molecule is COc1ccc(CN2C(=O)C(CC(=O)NCCCCc3ccccc3)CC(C(=O)N(C(C)C)C(C)C)=C2C)cc1. The van der Waals surface area contributed by atoms with Crippen molar-refractivity contribution >= 4 is 17.7 Å². The first-order valence-electron chi connectivity index (χ1n) is 14.4. The number of rotatable bonds is 13. The number of allylic oxidation sites excluding steroid dienone is 1. The van der Waals surface area contributed by atoms with Gasteiger partial charge in [0.2, 0.25) is 11.8 Å². The predicted octanol–water partition coefficient (Wildman–Crippen LogP) is 5.49. The average molecular weight is 548 g/mol. The molecule has 40 heavy (non-hydrogen) atoms. The molecule has 7 heteroatoms. The van der Waals surface area contributed by atoms with Gasteiger partial charge in [-0.2, -0.15) is 0 Å². The minimum Gasteiger partial charge on any atom is -0.497 e. The Labute approximate surface area is 239 Å². The molecule has 1 heterocycles. The number of carbonyl (C=O) groups is 3. The molecule has 2 aromatic carbocycles. The number of hydrogen-bond donors (Lipinski definition) is 1. The summed E-state index contributed by atoms with van der Waals surface area (Å²) in [4.78, 5) is 43.9. The van der Waals surface area contributed by atoms with Crippen molar-refractivity contribution in [1.29, 1.82) is 0 Å². The smallest absolute Gasteiger partial charge is 0.252 e. The second kappa shape index (κ2) is 14.7. The van der Waals surface area contributed by atoms with E-state index in [0.29, 0.717) is 24.4 Å². The van der Waals surface area contributed by atoms with E-state index < -0.39 is 5.92 Å². The molecule has 1 aliphatic heterocycles. The van der Waals surface area contributed by atoms with Crippen molar-refractivity contribution in [3.63, 3.8) is 0 Å². The average Bonchev–Trinajstić information content (AvgIpc) is 2.92. The highest BCUT2D eigenvalue weighted by molar-refractivity contribution is 5.98. The third kappa shape index (κ3) is 8.20. The normalized spacial score (nSPS) is 15.6. The van der Waals surface area contributed by atoms with Crippen LogP contribution in [0, 0.1) is 5.92 Å². The van der Waals surface area contributed by atoms with Crippen LogP contribution in [0.15, 0.2) is 65.9 Å². The third-order valence-electron chi connectivity index (χ3n) is 7.50. The number of nitrogens with zero attached hydrogens (tertiary/aromatic N) is 2. The fourth-order valence-electron chi connectivity index (χ4n) is 5.39. The number of unbranched alkanes of at least 4 members (excludes halogenated alkanes) is 1. The number of hydrogen-bond acceptors (Lipinski definition) is 4. The van der Waals surface area contributed by atoms with Gasteiger partial charge in [0.15, 0.2) is 0 Å². The molecular formula is C33H45N3O4. The van der Waals surface area contributed by atoms with Crippen LogP contribution < -0.4 is 10.1 Å². The van der Waals surface area contributed by atoms with Gasteiger partial charge in [-0.15, -0.1) is 0 Å². The van der Waals surface area contributed by atoms with Crippen molar-refractivity contribution in [3.05, 3.63) is 77.0 Å². The minimum atomic E-state index is -0.591. The lowest BCUT2D eigenvalue weighted by molar-refractivity contribution is -0.139. The lowest BCUT2D eigenvalue weighted by Crippen LogP contribution is -2.47. The first-order chi connectivity index (χ1) is 19.1. The number of amides is 3. The summed E-state index contributed by atoms with van der Waals surface area (Å²) in [5.74, 6) is -0.199. The third-order valence-corrected chi connectivity index (χ3v) is 7.50. The zero-order valence-corrected chi connectivity index (χ0v) is 24.9. The first-order valence-corrected chi connectivity index (χ1v) is 14.4. The summed E-state index contributed by atoms with van der Waals surface area (Å²) in [6.07, 6.45) is 3.13. The highest BCUT2D eigenvalue weighted by Crippen LogP contribution is 2.33. The number of carbonyl (C=O) groups excluding carboxylic acids is 3. The fourth-order valence-corrected chi connectivity index (χ4v) is 5.39. The van der Waals surface area contributed by atoms with E-state index >= 15 is 0 Å². The van der Waals surface area contributed by atoms with Crippen LogP contribution in [0.2, 0.25) is 0 Å². The van der Waals surface area contributed by atoms with Crippen LogP contribution in [0.3, 0.4) is 0 Å². The summed E-state index contributed by atoms with van der Waals surface area (Å²) in [5.41, 5.74) is 3.48. The molecule has 3 amide bonds. The molecule has 7 nitrogen and oxygen atoms in total. The topological polar surface area (TPSA) is 79.0 Å². The van der Waals surface area contributed by atoms with E-state index in [9.17, 15) is 14.4 Å². The predicted molar refractivity (Wildman–Crippen MR) is 158 cm³/mol. The zero-order chi connectivity index (χ0) is 29.2. The first kappa shape index (κ1) is 30.9.